The van der Waals surface area contributed by atoms with Crippen LogP contribution in [0.2, 0.25) is 0 Å². The van der Waals surface area contributed by atoms with Gasteiger partial charge in [0.15, 0.2) is 0 Å². The molecule has 0 aliphatic carbocycles. The van der Waals surface area contributed by atoms with Gasteiger partial charge in [-0.2, -0.15) is 0 Å². The van der Waals surface area contributed by atoms with E-state index >= 15 is 0 Å². The molecule has 0 spiro atoms. The Balaban J connectivity index is 2.11. The number of carbonyl (C=O) groups is 1. The largest absolute Gasteiger partial charge is 0.361 e. The Hall–Kier alpha value is -1.36. The smallest absolute Gasteiger partial charge is 0.226 e. The molecule has 1 atom stereocenters. The second-order valence-electron chi connectivity index (χ2n) is 6.21. The average Bonchev–Trinajstić information content (AvgIpc) is 2.79. The third-order valence-electron chi connectivity index (χ3n) is 4.64. The van der Waals surface area contributed by atoms with Crippen LogP contribution in [-0.2, 0) is 4.79 Å². The van der Waals surface area contributed by atoms with Gasteiger partial charge >= 0.3 is 0 Å². The Kier molecular flexibility index (Phi) is 5.04. The van der Waals surface area contributed by atoms with E-state index in [0.29, 0.717) is 0 Å². The number of rotatable bonds is 5. The van der Waals surface area contributed by atoms with E-state index in [-0.39, 0.29) is 17.4 Å². The summed E-state index contributed by atoms with van der Waals surface area (Å²) in [6.45, 7) is 9.81. The molecule has 1 unspecified atom stereocenters. The number of nitrogens with one attached hydrogen (secondary N) is 2. The van der Waals surface area contributed by atoms with Gasteiger partial charge in [-0.3, -0.25) is 4.79 Å². The van der Waals surface area contributed by atoms with Crippen LogP contribution in [-0.4, -0.2) is 24.2 Å². The average molecular weight is 293 g/mol. The van der Waals surface area contributed by atoms with Gasteiger partial charge in [0, 0.05) is 5.56 Å². The van der Waals surface area contributed by atoms with Crippen LogP contribution in [0.5, 0.6) is 0 Å². The SMILES string of the molecule is CCCC1(C(=O)NC(C)c2c(C)noc2C)CCNCC1. The van der Waals surface area contributed by atoms with Crippen molar-refractivity contribution in [3.05, 3.63) is 17.0 Å². The first-order valence-corrected chi connectivity index (χ1v) is 7.94. The fraction of sp³-hybridized carbons (Fsp3) is 0.750. The van der Waals surface area contributed by atoms with Crippen molar-refractivity contribution in [1.29, 1.82) is 0 Å². The van der Waals surface area contributed by atoms with Gasteiger partial charge in [0.1, 0.15) is 5.76 Å². The summed E-state index contributed by atoms with van der Waals surface area (Å²) < 4.78 is 5.20. The van der Waals surface area contributed by atoms with Gasteiger partial charge in [-0.25, -0.2) is 0 Å². The number of aryl methyl sites for hydroxylation is 2. The molecule has 0 radical (unpaired) electrons. The number of piperidine rings is 1. The summed E-state index contributed by atoms with van der Waals surface area (Å²) in [5.74, 6) is 0.966. The molecule has 5 nitrogen and oxygen atoms in total. The molecule has 2 rings (SSSR count). The van der Waals surface area contributed by atoms with Gasteiger partial charge in [-0.05, 0) is 53.1 Å². The quantitative estimate of drug-likeness (QED) is 0.876. The van der Waals surface area contributed by atoms with Crippen LogP contribution in [0, 0.1) is 19.3 Å². The van der Waals surface area contributed by atoms with Gasteiger partial charge in [0.2, 0.25) is 5.91 Å². The minimum Gasteiger partial charge on any atom is -0.361 e. The number of nitrogens with zero attached hydrogens (tertiary/aromatic N) is 1. The molecule has 1 aromatic rings. The highest BCUT2D eigenvalue weighted by molar-refractivity contribution is 5.83. The monoisotopic (exact) mass is 293 g/mol. The second kappa shape index (κ2) is 6.60. The molecule has 118 valence electrons. The molecule has 5 heteroatoms. The summed E-state index contributed by atoms with van der Waals surface area (Å²) in [6, 6.07) is -0.0626. The summed E-state index contributed by atoms with van der Waals surface area (Å²) in [5.41, 5.74) is 1.65. The van der Waals surface area contributed by atoms with Crippen molar-refractivity contribution in [2.45, 2.75) is 59.4 Å². The van der Waals surface area contributed by atoms with Gasteiger partial charge in [-0.15, -0.1) is 0 Å². The van der Waals surface area contributed by atoms with Crippen molar-refractivity contribution < 1.29 is 9.32 Å². The highest BCUT2D eigenvalue weighted by Crippen LogP contribution is 2.35. The molecule has 0 aromatic carbocycles. The van der Waals surface area contributed by atoms with Crippen molar-refractivity contribution in [3.63, 3.8) is 0 Å². The Labute approximate surface area is 126 Å². The van der Waals surface area contributed by atoms with Gasteiger partial charge < -0.3 is 15.2 Å². The van der Waals surface area contributed by atoms with Gasteiger partial charge in [-0.1, -0.05) is 18.5 Å². The minimum absolute atomic E-state index is 0.0626. The molecule has 1 aliphatic rings. The van der Waals surface area contributed by atoms with E-state index in [4.69, 9.17) is 4.52 Å². The lowest BCUT2D eigenvalue weighted by molar-refractivity contribution is -0.133. The Bertz CT molecular complexity index is 465. The highest BCUT2D eigenvalue weighted by Gasteiger charge is 2.39. The fourth-order valence-electron chi connectivity index (χ4n) is 3.50. The fourth-order valence-corrected chi connectivity index (χ4v) is 3.50. The van der Waals surface area contributed by atoms with Crippen molar-refractivity contribution in [3.8, 4) is 0 Å². The standard InChI is InChI=1S/C16H27N3O2/c1-5-6-16(7-9-17-10-8-16)15(20)18-11(2)14-12(3)19-21-13(14)4/h11,17H,5-10H2,1-4H3,(H,18,20). The Morgan fingerprint density at radius 2 is 2.10 bits per heavy atom. The zero-order valence-electron chi connectivity index (χ0n) is 13.6. The second-order valence-corrected chi connectivity index (χ2v) is 6.21. The molecule has 2 heterocycles. The zero-order valence-corrected chi connectivity index (χ0v) is 13.6. The lowest BCUT2D eigenvalue weighted by atomic mass is 9.74. The van der Waals surface area contributed by atoms with E-state index in [1.807, 2.05) is 20.8 Å². The van der Waals surface area contributed by atoms with Crippen molar-refractivity contribution in [2.24, 2.45) is 5.41 Å². The Morgan fingerprint density at radius 1 is 1.43 bits per heavy atom. The van der Waals surface area contributed by atoms with Crippen LogP contribution in [0.1, 0.15) is 62.6 Å². The van der Waals surface area contributed by atoms with Gasteiger partial charge in [0.05, 0.1) is 17.2 Å². The van der Waals surface area contributed by atoms with Crippen LogP contribution in [0.4, 0.5) is 0 Å². The summed E-state index contributed by atoms with van der Waals surface area (Å²) in [7, 11) is 0. The van der Waals surface area contributed by atoms with E-state index in [1.54, 1.807) is 0 Å². The molecule has 0 bridgehead atoms. The normalized spacial score (nSPS) is 19.2. The molecular formula is C16H27N3O2. The molecule has 21 heavy (non-hydrogen) atoms. The third kappa shape index (κ3) is 3.28. The van der Waals surface area contributed by atoms with E-state index in [2.05, 4.69) is 22.7 Å². The maximum absolute atomic E-state index is 12.8. The molecule has 1 aliphatic heterocycles. The maximum Gasteiger partial charge on any atom is 0.226 e. The number of carbonyl (C=O) groups excluding carboxylic acids is 1. The van der Waals surface area contributed by atoms with Crippen LogP contribution in [0.3, 0.4) is 0 Å². The van der Waals surface area contributed by atoms with Crippen LogP contribution < -0.4 is 10.6 Å². The van der Waals surface area contributed by atoms with Crippen LogP contribution >= 0.6 is 0 Å². The van der Waals surface area contributed by atoms with Crippen molar-refractivity contribution >= 4 is 5.91 Å². The topological polar surface area (TPSA) is 67.2 Å². The van der Waals surface area contributed by atoms with Crippen LogP contribution in [0.25, 0.3) is 0 Å². The number of amides is 1. The lowest BCUT2D eigenvalue weighted by Gasteiger charge is -2.37. The first kappa shape index (κ1) is 16.0. The van der Waals surface area contributed by atoms with Crippen LogP contribution in [0.15, 0.2) is 4.52 Å². The molecule has 1 aromatic heterocycles. The first-order chi connectivity index (χ1) is 10.00. The number of hydrogen-bond acceptors (Lipinski definition) is 4. The summed E-state index contributed by atoms with van der Waals surface area (Å²) >= 11 is 0. The maximum atomic E-state index is 12.8. The molecule has 1 amide bonds. The minimum atomic E-state index is -0.215. The summed E-state index contributed by atoms with van der Waals surface area (Å²) in [5, 5.41) is 10.5. The molecule has 1 fully saturated rings. The van der Waals surface area contributed by atoms with Crippen molar-refractivity contribution in [2.75, 3.05) is 13.1 Å². The van der Waals surface area contributed by atoms with Crippen molar-refractivity contribution in [1.82, 2.24) is 15.8 Å². The zero-order chi connectivity index (χ0) is 15.5. The predicted octanol–water partition coefficient (Wildman–Crippen LogP) is 2.64. The summed E-state index contributed by atoms with van der Waals surface area (Å²) in [6.07, 6.45) is 3.82. The van der Waals surface area contributed by atoms with Gasteiger partial charge in [0.25, 0.3) is 0 Å². The Morgan fingerprint density at radius 3 is 2.62 bits per heavy atom. The molecule has 2 N–H and O–H groups in total. The molecule has 0 saturated carbocycles. The lowest BCUT2D eigenvalue weighted by Crippen LogP contribution is -2.48. The van der Waals surface area contributed by atoms with E-state index < -0.39 is 0 Å². The van der Waals surface area contributed by atoms with E-state index in [1.165, 1.54) is 0 Å². The highest BCUT2D eigenvalue weighted by atomic mass is 16.5. The molecular weight excluding hydrogens is 266 g/mol. The number of hydrogen-bond donors (Lipinski definition) is 2. The first-order valence-electron chi connectivity index (χ1n) is 7.94. The molecule has 1 saturated heterocycles. The van der Waals surface area contributed by atoms with E-state index in [9.17, 15) is 4.79 Å². The number of aromatic nitrogens is 1. The third-order valence-corrected chi connectivity index (χ3v) is 4.64. The predicted molar refractivity (Wildman–Crippen MR) is 82.0 cm³/mol. The summed E-state index contributed by atoms with van der Waals surface area (Å²) in [4.78, 5) is 12.8. The van der Waals surface area contributed by atoms with E-state index in [0.717, 1.165) is 55.8 Å².